The van der Waals surface area contributed by atoms with Gasteiger partial charge in [0.2, 0.25) is 5.91 Å². The fourth-order valence-electron chi connectivity index (χ4n) is 5.72. The summed E-state index contributed by atoms with van der Waals surface area (Å²) in [7, 11) is 0. The Balaban J connectivity index is 1.23. The number of hydrogen-bond acceptors (Lipinski definition) is 3. The summed E-state index contributed by atoms with van der Waals surface area (Å²) in [6.45, 7) is 0.264. The first-order valence-corrected chi connectivity index (χ1v) is 10.7. The Morgan fingerprint density at radius 2 is 1.57 bits per heavy atom. The van der Waals surface area contributed by atoms with Gasteiger partial charge in [0.1, 0.15) is 0 Å². The van der Waals surface area contributed by atoms with E-state index in [1.54, 1.807) is 12.1 Å². The Bertz CT molecular complexity index is 740. The number of benzene rings is 1. The zero-order chi connectivity index (χ0) is 19.9. The fourth-order valence-corrected chi connectivity index (χ4v) is 6.21. The third-order valence-corrected chi connectivity index (χ3v) is 7.04. The molecule has 5 N–H and O–H groups in total. The van der Waals surface area contributed by atoms with Gasteiger partial charge in [-0.3, -0.25) is 4.79 Å². The Morgan fingerprint density at radius 3 is 2.11 bits per heavy atom. The number of urea groups is 1. The number of anilines is 2. The van der Waals surface area contributed by atoms with E-state index in [-0.39, 0.29) is 46.2 Å². The van der Waals surface area contributed by atoms with E-state index in [4.69, 9.17) is 28.9 Å². The lowest BCUT2D eigenvalue weighted by atomic mass is 9.53. The van der Waals surface area contributed by atoms with Crippen molar-refractivity contribution in [2.45, 2.75) is 50.5 Å². The molecule has 3 amide bonds. The van der Waals surface area contributed by atoms with Crippen molar-refractivity contribution in [2.24, 2.45) is 17.8 Å². The lowest BCUT2D eigenvalue weighted by Gasteiger charge is -2.56. The molecule has 0 saturated heterocycles. The predicted octanol–water partition coefficient (Wildman–Crippen LogP) is 4.17. The lowest BCUT2D eigenvalue weighted by molar-refractivity contribution is -0.116. The molecule has 4 aliphatic carbocycles. The van der Waals surface area contributed by atoms with Crippen LogP contribution < -0.4 is 21.7 Å². The molecule has 4 aliphatic rings. The number of carbonyl (C=O) groups is 2. The van der Waals surface area contributed by atoms with Gasteiger partial charge in [-0.15, -0.1) is 0 Å². The summed E-state index contributed by atoms with van der Waals surface area (Å²) in [4.78, 5) is 24.5. The number of hydrogen-bond donors (Lipinski definition) is 4. The second-order valence-electron chi connectivity index (χ2n) is 8.73. The van der Waals surface area contributed by atoms with E-state index in [0.717, 1.165) is 37.0 Å². The van der Waals surface area contributed by atoms with Crippen LogP contribution >= 0.6 is 23.2 Å². The number of rotatable bonds is 5. The standard InChI is InChI=1S/C20H26Cl2N4O2/c21-15-6-14(7-16(22)18(15)23)25-17(27)1-2-24-19(28)26-20-8-11-3-12(9-20)5-13(4-11)10-20/h6-7,11-13H,1-5,8-10,23H2,(H,25,27)(H2,24,26,28). The van der Waals surface area contributed by atoms with Crippen LogP contribution in [-0.2, 0) is 4.79 Å². The van der Waals surface area contributed by atoms with Crippen LogP contribution in [0.1, 0.15) is 44.9 Å². The molecule has 8 heteroatoms. The van der Waals surface area contributed by atoms with Gasteiger partial charge < -0.3 is 21.7 Å². The van der Waals surface area contributed by atoms with Crippen molar-refractivity contribution in [1.29, 1.82) is 0 Å². The van der Waals surface area contributed by atoms with Crippen molar-refractivity contribution < 1.29 is 9.59 Å². The van der Waals surface area contributed by atoms with Crippen LogP contribution in [0.15, 0.2) is 12.1 Å². The topological polar surface area (TPSA) is 96.2 Å². The van der Waals surface area contributed by atoms with Crippen LogP contribution in [0.2, 0.25) is 10.0 Å². The van der Waals surface area contributed by atoms with Gasteiger partial charge in [-0.05, 0) is 68.4 Å². The van der Waals surface area contributed by atoms with Gasteiger partial charge in [-0.2, -0.15) is 0 Å². The van der Waals surface area contributed by atoms with Crippen LogP contribution in [0.25, 0.3) is 0 Å². The summed E-state index contributed by atoms with van der Waals surface area (Å²) in [5.41, 5.74) is 6.42. The normalized spacial score (nSPS) is 30.1. The highest BCUT2D eigenvalue weighted by molar-refractivity contribution is 6.39. The van der Waals surface area contributed by atoms with Crippen LogP contribution in [-0.4, -0.2) is 24.0 Å². The highest BCUT2D eigenvalue weighted by Gasteiger charge is 2.51. The number of nitrogens with one attached hydrogen (secondary N) is 3. The van der Waals surface area contributed by atoms with Crippen LogP contribution in [0.3, 0.4) is 0 Å². The first-order chi connectivity index (χ1) is 13.3. The predicted molar refractivity (Wildman–Crippen MR) is 112 cm³/mol. The summed E-state index contributed by atoms with van der Waals surface area (Å²) in [6, 6.07) is 2.93. The minimum Gasteiger partial charge on any atom is -0.396 e. The van der Waals surface area contributed by atoms with Gasteiger partial charge in [0.05, 0.1) is 15.7 Å². The number of halogens is 2. The summed E-state index contributed by atoms with van der Waals surface area (Å²) in [5.74, 6) is 2.09. The second kappa shape index (κ2) is 7.64. The smallest absolute Gasteiger partial charge is 0.315 e. The minimum absolute atomic E-state index is 0.0292. The van der Waals surface area contributed by atoms with Crippen LogP contribution in [0, 0.1) is 17.8 Å². The SMILES string of the molecule is Nc1c(Cl)cc(NC(=O)CCNC(=O)NC23CC4CC(CC(C4)C2)C3)cc1Cl. The molecule has 0 aromatic heterocycles. The van der Waals surface area contributed by atoms with E-state index in [0.29, 0.717) is 5.69 Å². The van der Waals surface area contributed by atoms with Crippen molar-refractivity contribution in [2.75, 3.05) is 17.6 Å². The molecule has 28 heavy (non-hydrogen) atoms. The minimum atomic E-state index is -0.230. The van der Waals surface area contributed by atoms with Crippen molar-refractivity contribution in [3.05, 3.63) is 22.2 Å². The summed E-state index contributed by atoms with van der Waals surface area (Å²) >= 11 is 11.9. The summed E-state index contributed by atoms with van der Waals surface area (Å²) < 4.78 is 0. The Hall–Kier alpha value is -1.66. The van der Waals surface area contributed by atoms with Gasteiger partial charge in [0.25, 0.3) is 0 Å². The highest BCUT2D eigenvalue weighted by Crippen LogP contribution is 2.55. The highest BCUT2D eigenvalue weighted by atomic mass is 35.5. The van der Waals surface area contributed by atoms with Crippen molar-refractivity contribution in [3.8, 4) is 0 Å². The largest absolute Gasteiger partial charge is 0.396 e. The monoisotopic (exact) mass is 424 g/mol. The number of amides is 3. The zero-order valence-corrected chi connectivity index (χ0v) is 17.2. The molecule has 5 rings (SSSR count). The Kier molecular flexibility index (Phi) is 5.36. The average molecular weight is 425 g/mol. The molecule has 0 atom stereocenters. The van der Waals surface area contributed by atoms with Gasteiger partial charge in [-0.25, -0.2) is 4.79 Å². The van der Waals surface area contributed by atoms with Crippen LogP contribution in [0.5, 0.6) is 0 Å². The van der Waals surface area contributed by atoms with E-state index < -0.39 is 0 Å². The Morgan fingerprint density at radius 1 is 1.04 bits per heavy atom. The van der Waals surface area contributed by atoms with E-state index in [1.807, 2.05) is 0 Å². The first-order valence-electron chi connectivity index (χ1n) is 9.92. The van der Waals surface area contributed by atoms with Gasteiger partial charge >= 0.3 is 6.03 Å². The van der Waals surface area contributed by atoms with E-state index in [2.05, 4.69) is 16.0 Å². The third-order valence-electron chi connectivity index (χ3n) is 6.42. The molecule has 6 nitrogen and oxygen atoms in total. The third kappa shape index (κ3) is 4.18. The zero-order valence-electron chi connectivity index (χ0n) is 15.7. The fraction of sp³-hybridized carbons (Fsp3) is 0.600. The molecule has 4 saturated carbocycles. The Labute approximate surface area is 174 Å². The molecule has 4 bridgehead atoms. The summed E-state index contributed by atoms with van der Waals surface area (Å²) in [5, 5.41) is 9.35. The molecule has 0 unspecified atom stereocenters. The van der Waals surface area contributed by atoms with Gasteiger partial charge in [0.15, 0.2) is 0 Å². The van der Waals surface area contributed by atoms with Gasteiger partial charge in [0, 0.05) is 24.2 Å². The number of nitrogen functional groups attached to an aromatic ring is 1. The van der Waals surface area contributed by atoms with Crippen molar-refractivity contribution >= 4 is 46.5 Å². The number of carbonyl (C=O) groups excluding carboxylic acids is 2. The molecule has 1 aromatic carbocycles. The molecule has 0 spiro atoms. The molecule has 0 aliphatic heterocycles. The maximum absolute atomic E-state index is 12.4. The maximum atomic E-state index is 12.4. The lowest BCUT2D eigenvalue weighted by Crippen LogP contribution is -2.61. The average Bonchev–Trinajstić information content (AvgIpc) is 2.57. The van der Waals surface area contributed by atoms with E-state index in [9.17, 15) is 9.59 Å². The molecular weight excluding hydrogens is 399 g/mol. The van der Waals surface area contributed by atoms with Crippen LogP contribution in [0.4, 0.5) is 16.2 Å². The molecule has 1 aromatic rings. The second-order valence-corrected chi connectivity index (χ2v) is 9.54. The van der Waals surface area contributed by atoms with Gasteiger partial charge in [-0.1, -0.05) is 23.2 Å². The maximum Gasteiger partial charge on any atom is 0.315 e. The van der Waals surface area contributed by atoms with E-state index >= 15 is 0 Å². The summed E-state index contributed by atoms with van der Waals surface area (Å²) in [6.07, 6.45) is 7.47. The van der Waals surface area contributed by atoms with E-state index in [1.165, 1.54) is 19.3 Å². The first kappa shape index (κ1) is 19.6. The molecule has 0 radical (unpaired) electrons. The molecular formula is C20H26Cl2N4O2. The molecule has 0 heterocycles. The number of nitrogens with two attached hydrogens (primary N) is 1. The van der Waals surface area contributed by atoms with Crippen molar-refractivity contribution in [3.63, 3.8) is 0 Å². The molecule has 4 fully saturated rings. The quantitative estimate of drug-likeness (QED) is 0.533. The van der Waals surface area contributed by atoms with Crippen molar-refractivity contribution in [1.82, 2.24) is 10.6 Å². The molecule has 152 valence electrons.